The zero-order chi connectivity index (χ0) is 16.9. The molecule has 0 spiro atoms. The van der Waals surface area contributed by atoms with Gasteiger partial charge in [-0.25, -0.2) is 4.79 Å². The third-order valence-electron chi connectivity index (χ3n) is 4.06. The Morgan fingerprint density at radius 3 is 3.00 bits per heavy atom. The minimum atomic E-state index is -0.467. The minimum Gasteiger partial charge on any atom is -0.393 e. The quantitative estimate of drug-likeness (QED) is 0.892. The largest absolute Gasteiger partial charge is 0.393 e. The fourth-order valence-corrected chi connectivity index (χ4v) is 3.70. The van der Waals surface area contributed by atoms with E-state index in [0.29, 0.717) is 26.2 Å². The molecule has 1 saturated heterocycles. The molecule has 0 aliphatic carbocycles. The number of carbonyl (C=O) groups is 1. The Bertz CT molecular complexity index is 673. The molecule has 0 saturated carbocycles. The lowest BCUT2D eigenvalue weighted by molar-refractivity contribution is -0.00160. The van der Waals surface area contributed by atoms with Crippen LogP contribution in [0.2, 0.25) is 0 Å². The number of aliphatic hydroxyl groups excluding tert-OH is 1. The molecule has 2 heterocycles. The smallest absolute Gasteiger partial charge is 0.322 e. The van der Waals surface area contributed by atoms with Crippen LogP contribution in [0.15, 0.2) is 41.8 Å². The van der Waals surface area contributed by atoms with Crippen LogP contribution in [0.3, 0.4) is 0 Å². The predicted octanol–water partition coefficient (Wildman–Crippen LogP) is 3.42. The van der Waals surface area contributed by atoms with E-state index in [1.54, 1.807) is 23.2 Å². The number of nitrogens with one attached hydrogen (secondary N) is 1. The number of nitrogens with zero attached hydrogens (tertiary/aromatic N) is 1. The summed E-state index contributed by atoms with van der Waals surface area (Å²) in [5.74, 6) is 0. The maximum atomic E-state index is 12.8. The maximum Gasteiger partial charge on any atom is 0.322 e. The van der Waals surface area contributed by atoms with Crippen LogP contribution in [-0.4, -0.2) is 47.9 Å². The Kier molecular flexibility index (Phi) is 5.50. The number of ether oxygens (including phenoxy) is 1. The topological polar surface area (TPSA) is 61.8 Å². The van der Waals surface area contributed by atoms with Crippen LogP contribution in [0.5, 0.6) is 0 Å². The molecule has 1 aliphatic heterocycles. The molecule has 2 aromatic rings. The van der Waals surface area contributed by atoms with E-state index >= 15 is 0 Å². The van der Waals surface area contributed by atoms with Crippen molar-refractivity contribution in [3.05, 3.63) is 41.8 Å². The summed E-state index contributed by atoms with van der Waals surface area (Å²) < 4.78 is 5.47. The first-order valence-electron chi connectivity index (χ1n) is 8.11. The van der Waals surface area contributed by atoms with Crippen molar-refractivity contribution in [3.8, 4) is 10.4 Å². The average Bonchev–Trinajstić information content (AvgIpc) is 3.09. The lowest BCUT2D eigenvalue weighted by atomic mass is 10.1. The highest BCUT2D eigenvalue weighted by atomic mass is 32.1. The van der Waals surface area contributed by atoms with Crippen LogP contribution in [0, 0.1) is 0 Å². The summed E-state index contributed by atoms with van der Waals surface area (Å²) >= 11 is 1.64. The number of benzene rings is 1. The van der Waals surface area contributed by atoms with E-state index in [1.165, 1.54) is 0 Å². The molecule has 1 aliphatic rings. The molecule has 0 bridgehead atoms. The molecule has 2 N–H and O–H groups in total. The lowest BCUT2D eigenvalue weighted by Crippen LogP contribution is -2.51. The van der Waals surface area contributed by atoms with Crippen molar-refractivity contribution < 1.29 is 14.6 Å². The summed E-state index contributed by atoms with van der Waals surface area (Å²) in [5.41, 5.74) is 1.81. The number of anilines is 1. The molecule has 128 valence electrons. The second-order valence-electron chi connectivity index (χ2n) is 5.96. The monoisotopic (exact) mass is 346 g/mol. The van der Waals surface area contributed by atoms with Crippen molar-refractivity contribution in [2.24, 2.45) is 0 Å². The zero-order valence-corrected chi connectivity index (χ0v) is 14.5. The number of hydrogen-bond acceptors (Lipinski definition) is 4. The van der Waals surface area contributed by atoms with Gasteiger partial charge in [0.15, 0.2) is 0 Å². The molecule has 1 aromatic carbocycles. The summed E-state index contributed by atoms with van der Waals surface area (Å²) in [4.78, 5) is 15.6. The molecular weight excluding hydrogens is 324 g/mol. The van der Waals surface area contributed by atoms with Gasteiger partial charge in [-0.15, -0.1) is 11.3 Å². The van der Waals surface area contributed by atoms with Gasteiger partial charge in [-0.05, 0) is 30.9 Å². The van der Waals surface area contributed by atoms with Gasteiger partial charge >= 0.3 is 6.03 Å². The van der Waals surface area contributed by atoms with Gasteiger partial charge in [0.2, 0.25) is 0 Å². The first-order valence-corrected chi connectivity index (χ1v) is 8.99. The highest BCUT2D eigenvalue weighted by Crippen LogP contribution is 2.31. The Hall–Kier alpha value is -1.89. The van der Waals surface area contributed by atoms with Gasteiger partial charge < -0.3 is 20.1 Å². The van der Waals surface area contributed by atoms with E-state index in [0.717, 1.165) is 16.1 Å². The van der Waals surface area contributed by atoms with E-state index in [9.17, 15) is 9.90 Å². The molecule has 6 heteroatoms. The number of hydrogen-bond donors (Lipinski definition) is 2. The minimum absolute atomic E-state index is 0.104. The number of carbonyl (C=O) groups excluding carboxylic acids is 1. The summed E-state index contributed by atoms with van der Waals surface area (Å²) in [6.45, 7) is 3.25. The third kappa shape index (κ3) is 3.95. The zero-order valence-electron chi connectivity index (χ0n) is 13.6. The van der Waals surface area contributed by atoms with E-state index in [-0.39, 0.29) is 12.1 Å². The number of amides is 2. The first-order chi connectivity index (χ1) is 11.6. The summed E-state index contributed by atoms with van der Waals surface area (Å²) in [5, 5.41) is 14.7. The summed E-state index contributed by atoms with van der Waals surface area (Å²) in [7, 11) is 0. The van der Waals surface area contributed by atoms with Crippen LogP contribution < -0.4 is 5.32 Å². The summed E-state index contributed by atoms with van der Waals surface area (Å²) in [6.07, 6.45) is 0.0467. The van der Waals surface area contributed by atoms with Gasteiger partial charge in [-0.1, -0.05) is 24.3 Å². The standard InChI is InChI=1S/C18H22N2O3S/c1-13(21)11-14-12-23-9-8-20(14)18(22)19-16-6-3-2-5-15(16)17-7-4-10-24-17/h2-7,10,13-14,21H,8-9,11-12H2,1H3,(H,19,22)/t13-,14+/m1/s1. The van der Waals surface area contributed by atoms with Crippen LogP contribution in [0.4, 0.5) is 10.5 Å². The Morgan fingerprint density at radius 1 is 1.42 bits per heavy atom. The van der Waals surface area contributed by atoms with Crippen molar-refractivity contribution in [2.75, 3.05) is 25.1 Å². The fraction of sp³-hybridized carbons (Fsp3) is 0.389. The first kappa shape index (κ1) is 17.0. The molecule has 1 aromatic heterocycles. The van der Waals surface area contributed by atoms with Gasteiger partial charge in [0.1, 0.15) is 0 Å². The molecule has 1 fully saturated rings. The third-order valence-corrected chi connectivity index (χ3v) is 4.96. The van der Waals surface area contributed by atoms with Crippen LogP contribution in [-0.2, 0) is 4.74 Å². The normalized spacial score (nSPS) is 19.1. The molecule has 0 unspecified atom stereocenters. The Morgan fingerprint density at radius 2 is 2.25 bits per heavy atom. The van der Waals surface area contributed by atoms with E-state index in [2.05, 4.69) is 5.32 Å². The Labute approximate surface area is 145 Å². The highest BCUT2D eigenvalue weighted by molar-refractivity contribution is 7.13. The molecule has 0 radical (unpaired) electrons. The molecule has 24 heavy (non-hydrogen) atoms. The molecular formula is C18H22N2O3S. The van der Waals surface area contributed by atoms with Crippen LogP contribution >= 0.6 is 11.3 Å². The molecule has 3 rings (SSSR count). The summed E-state index contributed by atoms with van der Waals surface area (Å²) in [6, 6.07) is 11.6. The van der Waals surface area contributed by atoms with Gasteiger partial charge in [0, 0.05) is 17.0 Å². The lowest BCUT2D eigenvalue weighted by Gasteiger charge is -2.36. The fourth-order valence-electron chi connectivity index (χ4n) is 2.94. The molecule has 2 amide bonds. The number of urea groups is 1. The van der Waals surface area contributed by atoms with E-state index in [1.807, 2.05) is 41.8 Å². The number of aliphatic hydroxyl groups is 1. The van der Waals surface area contributed by atoms with Gasteiger partial charge in [0.25, 0.3) is 0 Å². The SMILES string of the molecule is C[C@@H](O)C[C@H]1COCCN1C(=O)Nc1ccccc1-c1cccs1. The van der Waals surface area contributed by atoms with Gasteiger partial charge in [0.05, 0.1) is 31.0 Å². The second-order valence-corrected chi connectivity index (χ2v) is 6.91. The van der Waals surface area contributed by atoms with Crippen molar-refractivity contribution in [1.82, 2.24) is 4.90 Å². The number of morpholine rings is 1. The van der Waals surface area contributed by atoms with Crippen molar-refractivity contribution in [1.29, 1.82) is 0 Å². The van der Waals surface area contributed by atoms with Crippen molar-refractivity contribution in [3.63, 3.8) is 0 Å². The van der Waals surface area contributed by atoms with Crippen LogP contribution in [0.1, 0.15) is 13.3 Å². The number of para-hydroxylation sites is 1. The number of thiophene rings is 1. The maximum absolute atomic E-state index is 12.8. The number of rotatable bonds is 4. The van der Waals surface area contributed by atoms with Crippen molar-refractivity contribution in [2.45, 2.75) is 25.5 Å². The highest BCUT2D eigenvalue weighted by Gasteiger charge is 2.28. The predicted molar refractivity (Wildman–Crippen MR) is 96.4 cm³/mol. The van der Waals surface area contributed by atoms with E-state index in [4.69, 9.17) is 4.74 Å². The van der Waals surface area contributed by atoms with Gasteiger partial charge in [-0.3, -0.25) is 0 Å². The second kappa shape index (κ2) is 7.79. The average molecular weight is 346 g/mol. The van der Waals surface area contributed by atoms with Crippen molar-refractivity contribution >= 4 is 23.1 Å². The molecule has 2 atom stereocenters. The van der Waals surface area contributed by atoms with E-state index < -0.39 is 6.10 Å². The molecule has 5 nitrogen and oxygen atoms in total. The van der Waals surface area contributed by atoms with Crippen LogP contribution in [0.25, 0.3) is 10.4 Å². The Balaban J connectivity index is 1.77. The van der Waals surface area contributed by atoms with Gasteiger partial charge in [-0.2, -0.15) is 0 Å².